The van der Waals surface area contributed by atoms with Crippen LogP contribution in [0.5, 0.6) is 0 Å². The summed E-state index contributed by atoms with van der Waals surface area (Å²) in [5.41, 5.74) is -0.221. The maximum absolute atomic E-state index is 13.5. The lowest BCUT2D eigenvalue weighted by atomic mass is 9.52. The molecule has 5 fully saturated rings. The van der Waals surface area contributed by atoms with E-state index in [1.807, 2.05) is 26.1 Å². The molecule has 1 aromatic heterocycles. The largest absolute Gasteiger partial charge is 0.390 e. The van der Waals surface area contributed by atoms with Gasteiger partial charge in [0.2, 0.25) is 0 Å². The fourth-order valence-electron chi connectivity index (χ4n) is 6.70. The van der Waals surface area contributed by atoms with Gasteiger partial charge in [0.15, 0.2) is 0 Å². The minimum Gasteiger partial charge on any atom is -0.390 e. The fourth-order valence-corrected chi connectivity index (χ4v) is 6.70. The predicted molar refractivity (Wildman–Crippen MR) is 124 cm³/mol. The monoisotopic (exact) mass is 453 g/mol. The molecule has 1 aromatic rings. The van der Waals surface area contributed by atoms with Crippen molar-refractivity contribution in [1.82, 2.24) is 15.1 Å². The summed E-state index contributed by atoms with van der Waals surface area (Å²) in [5, 5.41) is 27.9. The molecule has 178 valence electrons. The Hall–Kier alpha value is -2.37. The number of aromatic nitrogens is 2. The number of nitrogens with one attached hydrogen (secondary N) is 1. The van der Waals surface area contributed by atoms with Crippen LogP contribution in [-0.4, -0.2) is 58.7 Å². The van der Waals surface area contributed by atoms with Crippen molar-refractivity contribution >= 4 is 17.9 Å². The van der Waals surface area contributed by atoms with Crippen molar-refractivity contribution in [2.45, 2.75) is 64.0 Å². The summed E-state index contributed by atoms with van der Waals surface area (Å²) in [5.74, 6) is 2.02. The number of aliphatic hydroxyl groups is 1. The van der Waals surface area contributed by atoms with Gasteiger partial charge in [0, 0.05) is 31.8 Å². The number of carbonyl (C=O) groups is 1. The van der Waals surface area contributed by atoms with Crippen LogP contribution < -0.4 is 10.2 Å². The molecule has 0 radical (unpaired) electrons. The number of carbonyl (C=O) groups excluding carboxylic acids is 1. The quantitative estimate of drug-likeness (QED) is 0.687. The number of anilines is 1. The van der Waals surface area contributed by atoms with E-state index in [4.69, 9.17) is 10.00 Å². The zero-order valence-corrected chi connectivity index (χ0v) is 19.7. The molecule has 2 atom stereocenters. The third-order valence-corrected chi connectivity index (χ3v) is 8.06. The Labute approximate surface area is 195 Å². The third-order valence-electron chi connectivity index (χ3n) is 8.06. The minimum absolute atomic E-state index is 0.0862. The van der Waals surface area contributed by atoms with Gasteiger partial charge in [-0.3, -0.25) is 4.79 Å². The number of amides is 1. The SMILES string of the molecule is CC(C)(/C=C/n1ncc(C(=O)NC2C3CC4CC2CC(O)(C4)C3)c1N1CCOCC1)CC#N. The van der Waals surface area contributed by atoms with Crippen molar-refractivity contribution in [2.24, 2.45) is 23.2 Å². The number of rotatable bonds is 6. The second-order valence-electron chi connectivity index (χ2n) is 11.3. The number of allylic oxidation sites excluding steroid dienone is 1. The lowest BCUT2D eigenvalue weighted by molar-refractivity contribution is -0.136. The summed E-state index contributed by atoms with van der Waals surface area (Å²) < 4.78 is 7.29. The highest BCUT2D eigenvalue weighted by Gasteiger charge is 2.55. The first-order chi connectivity index (χ1) is 15.8. The predicted octanol–water partition coefficient (Wildman–Crippen LogP) is 2.80. The number of nitriles is 1. The highest BCUT2D eigenvalue weighted by Crippen LogP contribution is 2.55. The van der Waals surface area contributed by atoms with E-state index in [2.05, 4.69) is 21.4 Å². The van der Waals surface area contributed by atoms with Gasteiger partial charge in [-0.05, 0) is 55.3 Å². The number of morpholine rings is 1. The number of hydrogen-bond acceptors (Lipinski definition) is 6. The zero-order chi connectivity index (χ0) is 23.2. The Bertz CT molecular complexity index is 955. The molecule has 2 N–H and O–H groups in total. The Kier molecular flexibility index (Phi) is 5.74. The van der Waals surface area contributed by atoms with Crippen LogP contribution in [-0.2, 0) is 4.74 Å². The van der Waals surface area contributed by atoms with Crippen LogP contribution in [0, 0.1) is 34.5 Å². The summed E-state index contributed by atoms with van der Waals surface area (Å²) >= 11 is 0. The molecule has 2 heterocycles. The van der Waals surface area contributed by atoms with Gasteiger partial charge in [-0.2, -0.15) is 10.4 Å². The van der Waals surface area contributed by atoms with Crippen LogP contribution >= 0.6 is 0 Å². The molecule has 33 heavy (non-hydrogen) atoms. The van der Waals surface area contributed by atoms with E-state index in [9.17, 15) is 9.90 Å². The molecular weight excluding hydrogens is 418 g/mol. The molecular formula is C25H35N5O3. The average molecular weight is 454 g/mol. The van der Waals surface area contributed by atoms with E-state index in [1.165, 1.54) is 0 Å². The summed E-state index contributed by atoms with van der Waals surface area (Å²) in [6.07, 6.45) is 10.7. The molecule has 8 heteroatoms. The Balaban J connectivity index is 1.39. The standard InChI is InChI=1S/C25H35N5O3/c1-24(2,3-5-26)4-6-30-23(29-7-9-33-10-8-29)20(16-27-30)22(31)28-21-18-11-17-12-19(21)15-25(32,13-17)14-18/h4,6,16-19,21,32H,3,7-15H2,1-2H3,(H,28,31)/b6-4+. The second-order valence-corrected chi connectivity index (χ2v) is 11.3. The molecule has 1 amide bonds. The van der Waals surface area contributed by atoms with Crippen molar-refractivity contribution in [1.29, 1.82) is 5.26 Å². The smallest absolute Gasteiger partial charge is 0.256 e. The van der Waals surface area contributed by atoms with Gasteiger partial charge >= 0.3 is 0 Å². The lowest BCUT2D eigenvalue weighted by Gasteiger charge is -2.58. The first-order valence-electron chi connectivity index (χ1n) is 12.3. The van der Waals surface area contributed by atoms with E-state index in [0.29, 0.717) is 56.0 Å². The summed E-state index contributed by atoms with van der Waals surface area (Å²) in [6.45, 7) is 6.65. The van der Waals surface area contributed by atoms with Crippen molar-refractivity contribution in [2.75, 3.05) is 31.2 Å². The highest BCUT2D eigenvalue weighted by molar-refractivity contribution is 5.99. The lowest BCUT2D eigenvalue weighted by Crippen LogP contribution is -2.61. The Morgan fingerprint density at radius 3 is 2.67 bits per heavy atom. The highest BCUT2D eigenvalue weighted by atomic mass is 16.5. The van der Waals surface area contributed by atoms with Crippen molar-refractivity contribution < 1.29 is 14.6 Å². The number of ether oxygens (including phenoxy) is 1. The second kappa shape index (κ2) is 8.44. The Morgan fingerprint density at radius 2 is 2.03 bits per heavy atom. The first-order valence-corrected chi connectivity index (χ1v) is 12.3. The van der Waals surface area contributed by atoms with Gasteiger partial charge in [0.05, 0.1) is 31.1 Å². The maximum Gasteiger partial charge on any atom is 0.256 e. The zero-order valence-electron chi connectivity index (χ0n) is 19.7. The van der Waals surface area contributed by atoms with E-state index >= 15 is 0 Å². The minimum atomic E-state index is -0.511. The molecule has 4 saturated carbocycles. The van der Waals surface area contributed by atoms with Gasteiger partial charge in [0.25, 0.3) is 5.91 Å². The van der Waals surface area contributed by atoms with Crippen LogP contribution in [0.3, 0.4) is 0 Å². The molecule has 6 rings (SSSR count). The van der Waals surface area contributed by atoms with Crippen LogP contribution in [0.15, 0.2) is 12.3 Å². The molecule has 5 aliphatic rings. The van der Waals surface area contributed by atoms with Gasteiger partial charge < -0.3 is 20.1 Å². The number of hydrogen-bond donors (Lipinski definition) is 2. The van der Waals surface area contributed by atoms with Crippen LogP contribution in [0.4, 0.5) is 5.82 Å². The summed E-state index contributed by atoms with van der Waals surface area (Å²) in [4.78, 5) is 15.7. The van der Waals surface area contributed by atoms with E-state index in [1.54, 1.807) is 10.9 Å². The molecule has 8 nitrogen and oxygen atoms in total. The fraction of sp³-hybridized carbons (Fsp3) is 0.720. The molecule has 4 bridgehead atoms. The topological polar surface area (TPSA) is 103 Å². The van der Waals surface area contributed by atoms with Crippen LogP contribution in [0.2, 0.25) is 0 Å². The van der Waals surface area contributed by atoms with Crippen LogP contribution in [0.25, 0.3) is 6.20 Å². The van der Waals surface area contributed by atoms with Gasteiger partial charge in [-0.1, -0.05) is 19.9 Å². The summed E-state index contributed by atoms with van der Waals surface area (Å²) in [7, 11) is 0. The van der Waals surface area contributed by atoms with Crippen molar-refractivity contribution in [3.05, 3.63) is 17.8 Å². The van der Waals surface area contributed by atoms with Gasteiger partial charge in [-0.25, -0.2) is 4.68 Å². The van der Waals surface area contributed by atoms with Crippen molar-refractivity contribution in [3.63, 3.8) is 0 Å². The first kappa shape index (κ1) is 22.4. The molecule has 1 aliphatic heterocycles. The Morgan fingerprint density at radius 1 is 1.33 bits per heavy atom. The van der Waals surface area contributed by atoms with Gasteiger partial charge in [0.1, 0.15) is 11.4 Å². The third kappa shape index (κ3) is 4.41. The number of nitrogens with zero attached hydrogens (tertiary/aromatic N) is 4. The van der Waals surface area contributed by atoms with Crippen LogP contribution in [0.1, 0.15) is 62.7 Å². The van der Waals surface area contributed by atoms with E-state index in [-0.39, 0.29) is 17.4 Å². The molecule has 1 saturated heterocycles. The van der Waals surface area contributed by atoms with Crippen molar-refractivity contribution in [3.8, 4) is 6.07 Å². The van der Waals surface area contributed by atoms with E-state index < -0.39 is 5.60 Å². The molecule has 2 unspecified atom stereocenters. The van der Waals surface area contributed by atoms with E-state index in [0.717, 1.165) is 37.9 Å². The maximum atomic E-state index is 13.5. The van der Waals surface area contributed by atoms with Gasteiger partial charge in [-0.15, -0.1) is 0 Å². The average Bonchev–Trinajstić information content (AvgIpc) is 3.18. The molecule has 0 spiro atoms. The normalized spacial score (nSPS) is 33.5. The summed E-state index contributed by atoms with van der Waals surface area (Å²) in [6, 6.07) is 2.35. The molecule has 4 aliphatic carbocycles. The molecule has 0 aromatic carbocycles.